The fourth-order valence-electron chi connectivity index (χ4n) is 3.56. The van der Waals surface area contributed by atoms with Crippen LogP contribution in [0.2, 0.25) is 0 Å². The summed E-state index contributed by atoms with van der Waals surface area (Å²) in [5.74, 6) is -1.76. The molecule has 160 valence electrons. The van der Waals surface area contributed by atoms with Crippen LogP contribution in [0.1, 0.15) is 34.1 Å². The number of hydrogen-bond donors (Lipinski definition) is 1. The first-order chi connectivity index (χ1) is 13.6. The third-order valence-electron chi connectivity index (χ3n) is 4.80. The number of carbonyl (C=O) groups excluding carboxylic acids is 2. The van der Waals surface area contributed by atoms with Crippen molar-refractivity contribution in [2.75, 3.05) is 25.6 Å². The van der Waals surface area contributed by atoms with Crippen LogP contribution in [-0.2, 0) is 34.4 Å². The van der Waals surface area contributed by atoms with E-state index >= 15 is 0 Å². The van der Waals surface area contributed by atoms with Crippen LogP contribution in [-0.4, -0.2) is 64.7 Å². The van der Waals surface area contributed by atoms with E-state index in [1.807, 2.05) is 0 Å². The first kappa shape index (κ1) is 21.4. The minimum Gasteiger partial charge on any atom is -0.462 e. The van der Waals surface area contributed by atoms with Crippen LogP contribution in [0.15, 0.2) is 17.1 Å². The number of carbonyl (C=O) groups is 2. The van der Waals surface area contributed by atoms with Crippen molar-refractivity contribution in [2.24, 2.45) is 0 Å². The predicted molar refractivity (Wildman–Crippen MR) is 99.6 cm³/mol. The summed E-state index contributed by atoms with van der Waals surface area (Å²) in [5.41, 5.74) is -2.51. The molecular weight excluding hydrogens is 384 g/mol. The topological polar surface area (TPSA) is 121 Å². The summed E-state index contributed by atoms with van der Waals surface area (Å²) in [6.07, 6.45) is 1.07. The van der Waals surface area contributed by atoms with Crippen molar-refractivity contribution in [1.82, 2.24) is 14.6 Å². The molecule has 0 aromatic carbocycles. The predicted octanol–water partition coefficient (Wildman–Crippen LogP) is 0.205. The fourth-order valence-corrected chi connectivity index (χ4v) is 3.56. The number of aromatic nitrogens is 2. The van der Waals surface area contributed by atoms with Crippen LogP contribution in [0.25, 0.3) is 0 Å². The maximum absolute atomic E-state index is 12.9. The second-order valence-corrected chi connectivity index (χ2v) is 7.43. The quantitative estimate of drug-likeness (QED) is 0.679. The summed E-state index contributed by atoms with van der Waals surface area (Å²) in [5, 5.41) is 3.92. The molecule has 2 fully saturated rings. The Morgan fingerprint density at radius 3 is 2.69 bits per heavy atom. The first-order valence-corrected chi connectivity index (χ1v) is 9.37. The molecule has 29 heavy (non-hydrogen) atoms. The van der Waals surface area contributed by atoms with Crippen LogP contribution in [0.5, 0.6) is 0 Å². The Balaban J connectivity index is 1.97. The molecule has 1 N–H and O–H groups in total. The number of ether oxygens (including phenoxy) is 3. The van der Waals surface area contributed by atoms with Crippen LogP contribution in [0.4, 0.5) is 5.82 Å². The number of anilines is 1. The summed E-state index contributed by atoms with van der Waals surface area (Å²) in [6, 6.07) is 1.04. The summed E-state index contributed by atoms with van der Waals surface area (Å²) >= 11 is 0. The van der Waals surface area contributed by atoms with Crippen molar-refractivity contribution in [3.8, 4) is 0 Å². The molecule has 2 aliphatic rings. The molecule has 2 aliphatic heterocycles. The van der Waals surface area contributed by atoms with Gasteiger partial charge in [-0.15, -0.1) is 0 Å². The van der Waals surface area contributed by atoms with E-state index in [1.54, 1.807) is 27.8 Å². The third kappa shape index (κ3) is 4.17. The first-order valence-electron chi connectivity index (χ1n) is 9.37. The van der Waals surface area contributed by atoms with E-state index in [2.05, 4.69) is 10.3 Å². The van der Waals surface area contributed by atoms with Gasteiger partial charge in [0.1, 0.15) is 11.9 Å². The van der Waals surface area contributed by atoms with Gasteiger partial charge in [0, 0.05) is 26.6 Å². The summed E-state index contributed by atoms with van der Waals surface area (Å²) in [6.45, 7) is 7.00. The van der Waals surface area contributed by atoms with E-state index in [-0.39, 0.29) is 36.9 Å². The number of hydrogen-bond acceptors (Lipinski definition) is 9. The Labute approximate surface area is 167 Å². The molecule has 2 saturated heterocycles. The van der Waals surface area contributed by atoms with E-state index in [1.165, 1.54) is 24.3 Å². The lowest BCUT2D eigenvalue weighted by molar-refractivity contribution is -0.243. The molecule has 0 radical (unpaired) electrons. The Morgan fingerprint density at radius 1 is 1.41 bits per heavy atom. The number of esters is 1. The van der Waals surface area contributed by atoms with Gasteiger partial charge in [0.15, 0.2) is 5.79 Å². The van der Waals surface area contributed by atoms with Crippen molar-refractivity contribution < 1.29 is 28.6 Å². The standard InChI is InChI=1S/C18H26N4O7/c1-6-26-15(24)18(22-8-7-14(19-11(2)23)20-16(22)25)9-12(21(5)29-18)13-10-27-17(3,4)28-13/h7-8,12-13H,6,9-10H2,1-5H3,(H,19,20,23,25)/t12-,13+,18-/m0/s1. The highest BCUT2D eigenvalue weighted by molar-refractivity contribution is 5.87. The van der Waals surface area contributed by atoms with Crippen molar-refractivity contribution >= 4 is 17.7 Å². The molecule has 0 saturated carbocycles. The smallest absolute Gasteiger partial charge is 0.362 e. The molecule has 0 aliphatic carbocycles. The molecule has 11 nitrogen and oxygen atoms in total. The van der Waals surface area contributed by atoms with Gasteiger partial charge >= 0.3 is 11.7 Å². The molecule has 3 atom stereocenters. The number of likely N-dealkylation sites (N-methyl/N-ethyl adjacent to an activating group) is 1. The Kier molecular flexibility index (Phi) is 5.77. The minimum absolute atomic E-state index is 0.0786. The second-order valence-electron chi connectivity index (χ2n) is 7.43. The zero-order valence-electron chi connectivity index (χ0n) is 17.1. The fraction of sp³-hybridized carbons (Fsp3) is 0.667. The highest BCUT2D eigenvalue weighted by atomic mass is 16.8. The van der Waals surface area contributed by atoms with Gasteiger partial charge in [0.25, 0.3) is 5.72 Å². The summed E-state index contributed by atoms with van der Waals surface area (Å²) in [7, 11) is 1.66. The maximum atomic E-state index is 12.9. The van der Waals surface area contributed by atoms with Gasteiger partial charge in [-0.25, -0.2) is 9.59 Å². The maximum Gasteiger partial charge on any atom is 0.362 e. The van der Waals surface area contributed by atoms with E-state index in [0.717, 1.165) is 4.57 Å². The number of amides is 1. The van der Waals surface area contributed by atoms with Gasteiger partial charge in [-0.2, -0.15) is 10.0 Å². The van der Waals surface area contributed by atoms with Crippen LogP contribution in [0, 0.1) is 0 Å². The molecular formula is C18H26N4O7. The van der Waals surface area contributed by atoms with Crippen molar-refractivity contribution in [3.63, 3.8) is 0 Å². The SMILES string of the molecule is CCOC(=O)[C@]1(n2ccc(NC(C)=O)nc2=O)C[C@@H]([C@H]2COC(C)(C)O2)N(C)O1. The van der Waals surface area contributed by atoms with Gasteiger partial charge in [0.2, 0.25) is 5.91 Å². The molecule has 11 heteroatoms. The second kappa shape index (κ2) is 7.82. The average Bonchev–Trinajstić information content (AvgIpc) is 3.15. The average molecular weight is 410 g/mol. The van der Waals surface area contributed by atoms with Crippen LogP contribution >= 0.6 is 0 Å². The summed E-state index contributed by atoms with van der Waals surface area (Å²) in [4.78, 5) is 46.6. The molecule has 3 heterocycles. The lowest BCUT2D eigenvalue weighted by Crippen LogP contribution is -2.49. The zero-order valence-corrected chi connectivity index (χ0v) is 17.1. The molecule has 0 spiro atoms. The third-order valence-corrected chi connectivity index (χ3v) is 4.80. The Hall–Kier alpha value is -2.34. The summed E-state index contributed by atoms with van der Waals surface area (Å²) < 4.78 is 17.8. The number of nitrogens with one attached hydrogen (secondary N) is 1. The molecule has 1 aromatic rings. The highest BCUT2D eigenvalue weighted by Gasteiger charge is 2.57. The molecule has 1 aromatic heterocycles. The van der Waals surface area contributed by atoms with E-state index in [4.69, 9.17) is 19.0 Å². The highest BCUT2D eigenvalue weighted by Crippen LogP contribution is 2.39. The normalized spacial score (nSPS) is 29.0. The van der Waals surface area contributed by atoms with E-state index in [0.29, 0.717) is 6.61 Å². The molecule has 0 unspecified atom stereocenters. The van der Waals surface area contributed by atoms with Crippen molar-refractivity contribution in [3.05, 3.63) is 22.7 Å². The largest absolute Gasteiger partial charge is 0.462 e. The van der Waals surface area contributed by atoms with Gasteiger partial charge in [-0.05, 0) is 26.8 Å². The van der Waals surface area contributed by atoms with Crippen molar-refractivity contribution in [2.45, 2.75) is 57.8 Å². The Morgan fingerprint density at radius 2 is 2.14 bits per heavy atom. The number of rotatable bonds is 5. The minimum atomic E-state index is -1.75. The number of hydroxylamine groups is 2. The van der Waals surface area contributed by atoms with Crippen molar-refractivity contribution in [1.29, 1.82) is 0 Å². The molecule has 1 amide bonds. The monoisotopic (exact) mass is 410 g/mol. The van der Waals surface area contributed by atoms with Gasteiger partial charge in [-0.3, -0.25) is 14.2 Å². The van der Waals surface area contributed by atoms with Crippen LogP contribution in [0.3, 0.4) is 0 Å². The molecule has 0 bridgehead atoms. The lowest BCUT2D eigenvalue weighted by atomic mass is 10.0. The van der Waals surface area contributed by atoms with E-state index in [9.17, 15) is 14.4 Å². The number of nitrogens with zero attached hydrogens (tertiary/aromatic N) is 3. The van der Waals surface area contributed by atoms with Gasteiger partial charge in [-0.1, -0.05) is 0 Å². The zero-order chi connectivity index (χ0) is 21.4. The Bertz CT molecular complexity index is 855. The lowest BCUT2D eigenvalue weighted by Gasteiger charge is -2.27. The van der Waals surface area contributed by atoms with Gasteiger partial charge < -0.3 is 19.5 Å². The van der Waals surface area contributed by atoms with Gasteiger partial charge in [0.05, 0.1) is 19.3 Å². The van der Waals surface area contributed by atoms with Crippen LogP contribution < -0.4 is 11.0 Å². The molecule has 3 rings (SSSR count). The van der Waals surface area contributed by atoms with E-state index < -0.39 is 23.2 Å².